The summed E-state index contributed by atoms with van der Waals surface area (Å²) in [5.74, 6) is 0.605. The third kappa shape index (κ3) is 7.28. The van der Waals surface area contributed by atoms with Crippen LogP contribution in [0, 0.1) is 0 Å². The zero-order valence-corrected chi connectivity index (χ0v) is 18.8. The highest BCUT2D eigenvalue weighted by atomic mass is 35.5. The summed E-state index contributed by atoms with van der Waals surface area (Å²) < 4.78 is 5.70. The second-order valence-electron chi connectivity index (χ2n) is 8.08. The zero-order valence-electron chi connectivity index (χ0n) is 18.1. The first-order valence-corrected chi connectivity index (χ1v) is 11.4. The number of hydrogen-bond donors (Lipinski definition) is 1. The average Bonchev–Trinajstić information content (AvgIpc) is 3.29. The number of benzene rings is 2. The molecule has 0 heterocycles. The van der Waals surface area contributed by atoms with Gasteiger partial charge in [0.15, 0.2) is 0 Å². The van der Waals surface area contributed by atoms with Crippen LogP contribution in [-0.2, 0) is 16.1 Å². The number of carbonyl (C=O) groups excluding carboxylic acids is 2. The van der Waals surface area contributed by atoms with E-state index in [0.29, 0.717) is 31.0 Å². The molecule has 1 fully saturated rings. The van der Waals surface area contributed by atoms with E-state index in [2.05, 4.69) is 5.32 Å². The molecule has 0 saturated heterocycles. The van der Waals surface area contributed by atoms with Crippen LogP contribution in [0.15, 0.2) is 54.6 Å². The Morgan fingerprint density at radius 2 is 1.77 bits per heavy atom. The van der Waals surface area contributed by atoms with E-state index in [-0.39, 0.29) is 17.9 Å². The highest BCUT2D eigenvalue weighted by Crippen LogP contribution is 2.19. The minimum absolute atomic E-state index is 0.0439. The molecule has 0 aliphatic heterocycles. The van der Waals surface area contributed by atoms with Gasteiger partial charge in [-0.3, -0.25) is 9.59 Å². The first kappa shape index (κ1) is 23.1. The van der Waals surface area contributed by atoms with Crippen LogP contribution in [0.5, 0.6) is 5.75 Å². The number of carbonyl (C=O) groups is 2. The van der Waals surface area contributed by atoms with Crippen molar-refractivity contribution < 1.29 is 14.3 Å². The predicted octanol–water partition coefficient (Wildman–Crippen LogP) is 4.98. The van der Waals surface area contributed by atoms with Gasteiger partial charge in [0.25, 0.3) is 0 Å². The maximum atomic E-state index is 13.1. The highest BCUT2D eigenvalue weighted by molar-refractivity contribution is 6.30. The maximum Gasteiger partial charge on any atom is 0.242 e. The molecular formula is C25H31ClN2O3. The fourth-order valence-electron chi connectivity index (χ4n) is 3.84. The maximum absolute atomic E-state index is 13.1. The normalized spacial score (nSPS) is 14.8. The van der Waals surface area contributed by atoms with Gasteiger partial charge in [0, 0.05) is 24.0 Å². The summed E-state index contributed by atoms with van der Waals surface area (Å²) in [4.78, 5) is 27.6. The van der Waals surface area contributed by atoms with Gasteiger partial charge in [0.05, 0.1) is 6.61 Å². The van der Waals surface area contributed by atoms with E-state index < -0.39 is 6.04 Å². The first-order valence-electron chi connectivity index (χ1n) is 11.0. The van der Waals surface area contributed by atoms with Crippen LogP contribution < -0.4 is 10.1 Å². The van der Waals surface area contributed by atoms with Crippen molar-refractivity contribution in [1.29, 1.82) is 0 Å². The number of amides is 2. The largest absolute Gasteiger partial charge is 0.494 e. The van der Waals surface area contributed by atoms with Crippen LogP contribution in [0.1, 0.15) is 51.0 Å². The Balaban J connectivity index is 1.56. The van der Waals surface area contributed by atoms with Crippen molar-refractivity contribution in [1.82, 2.24) is 10.2 Å². The summed E-state index contributed by atoms with van der Waals surface area (Å²) in [5, 5.41) is 3.78. The lowest BCUT2D eigenvalue weighted by molar-refractivity contribution is -0.141. The monoisotopic (exact) mass is 442 g/mol. The lowest BCUT2D eigenvalue weighted by Gasteiger charge is -2.30. The van der Waals surface area contributed by atoms with E-state index in [9.17, 15) is 9.59 Å². The van der Waals surface area contributed by atoms with Gasteiger partial charge in [-0.2, -0.15) is 0 Å². The van der Waals surface area contributed by atoms with Crippen molar-refractivity contribution in [2.24, 2.45) is 0 Å². The van der Waals surface area contributed by atoms with Crippen LogP contribution in [0.3, 0.4) is 0 Å². The summed E-state index contributed by atoms with van der Waals surface area (Å²) >= 11 is 5.89. The Morgan fingerprint density at radius 1 is 1.10 bits per heavy atom. The van der Waals surface area contributed by atoms with Gasteiger partial charge >= 0.3 is 0 Å². The average molecular weight is 443 g/mol. The quantitative estimate of drug-likeness (QED) is 0.528. The van der Waals surface area contributed by atoms with Crippen LogP contribution in [0.25, 0.3) is 0 Å². The van der Waals surface area contributed by atoms with Crippen molar-refractivity contribution >= 4 is 23.4 Å². The number of halogens is 1. The van der Waals surface area contributed by atoms with E-state index in [1.807, 2.05) is 37.3 Å². The van der Waals surface area contributed by atoms with E-state index >= 15 is 0 Å². The Labute approximate surface area is 189 Å². The number of rotatable bonds is 10. The molecular weight excluding hydrogens is 412 g/mol. The van der Waals surface area contributed by atoms with Crippen LogP contribution in [0.2, 0.25) is 5.02 Å². The molecule has 2 amide bonds. The topological polar surface area (TPSA) is 58.6 Å². The van der Waals surface area contributed by atoms with E-state index in [4.69, 9.17) is 16.3 Å². The molecule has 1 saturated carbocycles. The Bertz CT molecular complexity index is 836. The third-order valence-corrected chi connectivity index (χ3v) is 5.93. The fraction of sp³-hybridized carbons (Fsp3) is 0.440. The molecule has 2 aromatic carbocycles. The smallest absolute Gasteiger partial charge is 0.242 e. The van der Waals surface area contributed by atoms with Crippen molar-refractivity contribution in [3.8, 4) is 5.75 Å². The molecule has 6 heteroatoms. The number of nitrogens with one attached hydrogen (secondary N) is 1. The molecule has 0 bridgehead atoms. The standard InChI is InChI=1S/C25H31ClN2O3/c1-19(25(30)27-22-10-5-6-11-22)28(18-20-8-3-2-4-9-20)24(29)12-7-17-31-23-15-13-21(26)14-16-23/h2-4,8-9,13-16,19,22H,5-7,10-12,17-18H2,1H3,(H,27,30). The molecule has 166 valence electrons. The SMILES string of the molecule is CC(C(=O)NC1CCCC1)N(Cc1ccccc1)C(=O)CCCOc1ccc(Cl)cc1. The van der Waals surface area contributed by atoms with Crippen molar-refractivity contribution in [3.63, 3.8) is 0 Å². The predicted molar refractivity (Wildman–Crippen MR) is 123 cm³/mol. The van der Waals surface area contributed by atoms with Gasteiger partial charge in [-0.05, 0) is 56.0 Å². The summed E-state index contributed by atoms with van der Waals surface area (Å²) in [5.41, 5.74) is 1.01. The molecule has 0 aromatic heterocycles. The van der Waals surface area contributed by atoms with Crippen molar-refractivity contribution in [2.45, 2.75) is 64.1 Å². The second kappa shape index (κ2) is 11.8. The summed E-state index contributed by atoms with van der Waals surface area (Å²) in [6.07, 6.45) is 5.24. The second-order valence-corrected chi connectivity index (χ2v) is 8.52. The number of hydrogen-bond acceptors (Lipinski definition) is 3. The van der Waals surface area contributed by atoms with Gasteiger partial charge in [0.2, 0.25) is 11.8 Å². The van der Waals surface area contributed by atoms with Crippen molar-refractivity contribution in [3.05, 3.63) is 65.2 Å². The Morgan fingerprint density at radius 3 is 2.45 bits per heavy atom. The lowest BCUT2D eigenvalue weighted by atomic mass is 10.1. The fourth-order valence-corrected chi connectivity index (χ4v) is 3.97. The third-order valence-electron chi connectivity index (χ3n) is 5.68. The van der Waals surface area contributed by atoms with Crippen molar-refractivity contribution in [2.75, 3.05) is 6.61 Å². The van der Waals surface area contributed by atoms with Gasteiger partial charge < -0.3 is 15.0 Å². The highest BCUT2D eigenvalue weighted by Gasteiger charge is 2.28. The number of nitrogens with zero attached hydrogens (tertiary/aromatic N) is 1. The van der Waals surface area contributed by atoms with Crippen LogP contribution in [0.4, 0.5) is 0 Å². The van der Waals surface area contributed by atoms with Gasteiger partial charge in [-0.15, -0.1) is 0 Å². The van der Waals surface area contributed by atoms with Gasteiger partial charge in [-0.25, -0.2) is 0 Å². The van der Waals surface area contributed by atoms with E-state index in [0.717, 1.165) is 37.0 Å². The molecule has 0 spiro atoms. The molecule has 1 atom stereocenters. The van der Waals surface area contributed by atoms with E-state index in [1.54, 1.807) is 29.2 Å². The van der Waals surface area contributed by atoms with Crippen LogP contribution >= 0.6 is 11.6 Å². The molecule has 31 heavy (non-hydrogen) atoms. The molecule has 3 rings (SSSR count). The van der Waals surface area contributed by atoms with Gasteiger partial charge in [0.1, 0.15) is 11.8 Å². The lowest BCUT2D eigenvalue weighted by Crippen LogP contribution is -2.49. The molecule has 2 aromatic rings. The van der Waals surface area contributed by atoms with Crippen LogP contribution in [-0.4, -0.2) is 35.4 Å². The Kier molecular flexibility index (Phi) is 8.77. The zero-order chi connectivity index (χ0) is 22.1. The molecule has 0 radical (unpaired) electrons. The van der Waals surface area contributed by atoms with Gasteiger partial charge in [-0.1, -0.05) is 54.8 Å². The molecule has 1 aliphatic carbocycles. The summed E-state index contributed by atoms with van der Waals surface area (Å²) in [6.45, 7) is 2.65. The molecule has 1 N–H and O–H groups in total. The minimum Gasteiger partial charge on any atom is -0.494 e. The Hall–Kier alpha value is -2.53. The molecule has 1 aliphatic rings. The molecule has 5 nitrogen and oxygen atoms in total. The summed E-state index contributed by atoms with van der Waals surface area (Å²) in [6, 6.07) is 16.7. The minimum atomic E-state index is -0.523. The first-order chi connectivity index (χ1) is 15.0. The number of ether oxygens (including phenoxy) is 1. The summed E-state index contributed by atoms with van der Waals surface area (Å²) in [7, 11) is 0. The molecule has 1 unspecified atom stereocenters. The van der Waals surface area contributed by atoms with E-state index in [1.165, 1.54) is 0 Å².